The monoisotopic (exact) mass is 379 g/mol. The summed E-state index contributed by atoms with van der Waals surface area (Å²) in [6.07, 6.45) is 0. The number of methoxy groups -OCH3 is 1. The quantitative estimate of drug-likeness (QED) is 0.834. The number of nitrogens with zero attached hydrogens (tertiary/aromatic N) is 2. The molecular weight excluding hydrogens is 362 g/mol. The molecule has 7 heteroatoms. The highest BCUT2D eigenvalue weighted by molar-refractivity contribution is 9.10. The van der Waals surface area contributed by atoms with Gasteiger partial charge in [0.1, 0.15) is 5.69 Å². The number of hydrogen-bond acceptors (Lipinski definition) is 4. The van der Waals surface area contributed by atoms with Crippen LogP contribution < -0.4 is 10.9 Å². The lowest BCUT2D eigenvalue weighted by Crippen LogP contribution is -2.31. The molecule has 23 heavy (non-hydrogen) atoms. The van der Waals surface area contributed by atoms with Crippen LogP contribution in [0.5, 0.6) is 0 Å². The van der Waals surface area contributed by atoms with Gasteiger partial charge in [0.05, 0.1) is 19.2 Å². The number of carbonyl (C=O) groups is 1. The fourth-order valence-corrected chi connectivity index (χ4v) is 2.28. The van der Waals surface area contributed by atoms with Crippen LogP contribution in [0.4, 0.5) is 0 Å². The first kappa shape index (κ1) is 17.4. The van der Waals surface area contributed by atoms with E-state index >= 15 is 0 Å². The van der Waals surface area contributed by atoms with Gasteiger partial charge >= 0.3 is 0 Å². The molecule has 0 aliphatic heterocycles. The van der Waals surface area contributed by atoms with E-state index in [-0.39, 0.29) is 23.2 Å². The Morgan fingerprint density at radius 3 is 2.65 bits per heavy atom. The molecule has 2 aromatic rings. The fraction of sp³-hybridized carbons (Fsp3) is 0.312. The second-order valence-electron chi connectivity index (χ2n) is 5.02. The maximum Gasteiger partial charge on any atom is 0.272 e. The van der Waals surface area contributed by atoms with Crippen molar-refractivity contribution < 1.29 is 9.53 Å². The first-order valence-electron chi connectivity index (χ1n) is 7.14. The summed E-state index contributed by atoms with van der Waals surface area (Å²) >= 11 is 3.38. The topological polar surface area (TPSA) is 73.2 Å². The molecule has 0 fully saturated rings. The first-order chi connectivity index (χ1) is 11.0. The van der Waals surface area contributed by atoms with E-state index in [1.165, 1.54) is 16.8 Å². The molecule has 0 saturated heterocycles. The van der Waals surface area contributed by atoms with E-state index in [1.54, 1.807) is 7.11 Å². The van der Waals surface area contributed by atoms with E-state index in [2.05, 4.69) is 26.3 Å². The van der Waals surface area contributed by atoms with Crippen LogP contribution in [0.1, 0.15) is 29.0 Å². The second-order valence-corrected chi connectivity index (χ2v) is 5.94. The van der Waals surface area contributed by atoms with Crippen molar-refractivity contribution in [1.82, 2.24) is 15.1 Å². The van der Waals surface area contributed by atoms with Gasteiger partial charge in [0.25, 0.3) is 11.5 Å². The van der Waals surface area contributed by atoms with E-state index < -0.39 is 0 Å². The Kier molecular flexibility index (Phi) is 6.06. The summed E-state index contributed by atoms with van der Waals surface area (Å²) in [5, 5.41) is 6.95. The van der Waals surface area contributed by atoms with Crippen molar-refractivity contribution >= 4 is 21.8 Å². The molecule has 122 valence electrons. The predicted molar refractivity (Wildman–Crippen MR) is 90.4 cm³/mol. The number of carbonyl (C=O) groups excluding carboxylic acids is 1. The van der Waals surface area contributed by atoms with Gasteiger partial charge in [-0.3, -0.25) is 9.59 Å². The van der Waals surface area contributed by atoms with Gasteiger partial charge in [0, 0.05) is 17.6 Å². The minimum absolute atomic E-state index is 0.170. The minimum atomic E-state index is -0.327. The van der Waals surface area contributed by atoms with Crippen LogP contribution in [0.15, 0.2) is 45.7 Å². The van der Waals surface area contributed by atoms with Gasteiger partial charge in [0.15, 0.2) is 0 Å². The maximum atomic E-state index is 12.3. The number of nitrogens with one attached hydrogen (secondary N) is 1. The normalized spacial score (nSPS) is 12.0. The van der Waals surface area contributed by atoms with E-state index in [1.807, 2.05) is 31.2 Å². The molecule has 0 saturated carbocycles. The largest absolute Gasteiger partial charge is 0.383 e. The van der Waals surface area contributed by atoms with Crippen molar-refractivity contribution in [2.24, 2.45) is 0 Å². The standard InChI is InChI=1S/C16H18BrN3O3/c1-11(12-3-5-13(17)6-4-12)18-16(22)14-7-8-15(21)20(19-14)9-10-23-2/h3-8,11H,9-10H2,1-2H3,(H,18,22). The smallest absolute Gasteiger partial charge is 0.272 e. The average molecular weight is 380 g/mol. The highest BCUT2D eigenvalue weighted by Crippen LogP contribution is 2.16. The van der Waals surface area contributed by atoms with Gasteiger partial charge < -0.3 is 10.1 Å². The summed E-state index contributed by atoms with van der Waals surface area (Å²) in [7, 11) is 1.54. The molecule has 0 aliphatic carbocycles. The van der Waals surface area contributed by atoms with Crippen LogP contribution >= 0.6 is 15.9 Å². The van der Waals surface area contributed by atoms with E-state index in [0.29, 0.717) is 13.2 Å². The second kappa shape index (κ2) is 8.03. The lowest BCUT2D eigenvalue weighted by Gasteiger charge is -2.14. The number of aromatic nitrogens is 2. The third-order valence-corrected chi connectivity index (χ3v) is 3.85. The van der Waals surface area contributed by atoms with Crippen molar-refractivity contribution in [2.75, 3.05) is 13.7 Å². The lowest BCUT2D eigenvalue weighted by atomic mass is 10.1. The summed E-state index contributed by atoms with van der Waals surface area (Å²) in [6.45, 7) is 2.55. The Labute approximate surface area is 142 Å². The van der Waals surface area contributed by atoms with Gasteiger partial charge in [-0.15, -0.1) is 0 Å². The Morgan fingerprint density at radius 1 is 1.30 bits per heavy atom. The van der Waals surface area contributed by atoms with Crippen LogP contribution in [-0.4, -0.2) is 29.4 Å². The molecule has 1 N–H and O–H groups in total. The zero-order valence-corrected chi connectivity index (χ0v) is 14.5. The molecule has 1 aromatic heterocycles. The van der Waals surface area contributed by atoms with E-state index in [9.17, 15) is 9.59 Å². The van der Waals surface area contributed by atoms with E-state index in [4.69, 9.17) is 4.74 Å². The number of benzene rings is 1. The third-order valence-electron chi connectivity index (χ3n) is 3.32. The van der Waals surface area contributed by atoms with Crippen molar-refractivity contribution in [1.29, 1.82) is 0 Å². The lowest BCUT2D eigenvalue weighted by molar-refractivity contribution is 0.0931. The summed E-state index contributed by atoms with van der Waals surface area (Å²) in [5.74, 6) is -0.327. The molecule has 0 radical (unpaired) electrons. The van der Waals surface area contributed by atoms with Gasteiger partial charge in [-0.2, -0.15) is 5.10 Å². The van der Waals surface area contributed by atoms with Crippen LogP contribution in [0.3, 0.4) is 0 Å². The summed E-state index contributed by atoms with van der Waals surface area (Å²) in [4.78, 5) is 24.0. The molecule has 0 bridgehead atoms. The van der Waals surface area contributed by atoms with Crippen LogP contribution in [0, 0.1) is 0 Å². The minimum Gasteiger partial charge on any atom is -0.383 e. The number of halogens is 1. The molecule has 0 aliphatic rings. The Bertz CT molecular complexity index is 728. The highest BCUT2D eigenvalue weighted by atomic mass is 79.9. The van der Waals surface area contributed by atoms with Gasteiger partial charge in [0.2, 0.25) is 0 Å². The molecule has 0 spiro atoms. The summed E-state index contributed by atoms with van der Waals surface area (Å²) in [5.41, 5.74) is 0.915. The zero-order valence-electron chi connectivity index (χ0n) is 13.0. The molecule has 1 amide bonds. The Hall–Kier alpha value is -1.99. The van der Waals surface area contributed by atoms with Crippen LogP contribution in [-0.2, 0) is 11.3 Å². The maximum absolute atomic E-state index is 12.3. The Morgan fingerprint density at radius 2 is 2.00 bits per heavy atom. The molecule has 1 atom stereocenters. The molecule has 6 nitrogen and oxygen atoms in total. The fourth-order valence-electron chi connectivity index (χ4n) is 2.01. The number of hydrogen-bond donors (Lipinski definition) is 1. The zero-order chi connectivity index (χ0) is 16.8. The molecule has 1 unspecified atom stereocenters. The molecule has 2 rings (SSSR count). The predicted octanol–water partition coefficient (Wildman–Crippen LogP) is 2.14. The van der Waals surface area contributed by atoms with Crippen molar-refractivity contribution in [3.63, 3.8) is 0 Å². The molecular formula is C16H18BrN3O3. The summed E-state index contributed by atoms with van der Waals surface area (Å²) in [6, 6.07) is 10.3. The first-order valence-corrected chi connectivity index (χ1v) is 7.94. The van der Waals surface area contributed by atoms with Crippen molar-refractivity contribution in [3.8, 4) is 0 Å². The molecule has 1 aromatic carbocycles. The van der Waals surface area contributed by atoms with Gasteiger partial charge in [-0.25, -0.2) is 4.68 Å². The number of ether oxygens (including phenoxy) is 1. The van der Waals surface area contributed by atoms with Crippen molar-refractivity contribution in [2.45, 2.75) is 19.5 Å². The SMILES string of the molecule is COCCn1nc(C(=O)NC(C)c2ccc(Br)cc2)ccc1=O. The third kappa shape index (κ3) is 4.74. The van der Waals surface area contributed by atoms with Gasteiger partial charge in [-0.05, 0) is 30.7 Å². The number of amides is 1. The number of rotatable bonds is 6. The van der Waals surface area contributed by atoms with E-state index in [0.717, 1.165) is 10.0 Å². The van der Waals surface area contributed by atoms with Crippen LogP contribution in [0.25, 0.3) is 0 Å². The highest BCUT2D eigenvalue weighted by Gasteiger charge is 2.14. The van der Waals surface area contributed by atoms with Crippen LogP contribution in [0.2, 0.25) is 0 Å². The summed E-state index contributed by atoms with van der Waals surface area (Å²) < 4.78 is 7.13. The Balaban J connectivity index is 2.10. The molecule has 1 heterocycles. The van der Waals surface area contributed by atoms with Gasteiger partial charge in [-0.1, -0.05) is 28.1 Å². The van der Waals surface area contributed by atoms with Crippen molar-refractivity contribution in [3.05, 3.63) is 62.5 Å². The average Bonchev–Trinajstić information content (AvgIpc) is 2.54.